The maximum atomic E-state index is 13.2. The first-order chi connectivity index (χ1) is 16.2. The number of hydrogen-bond acceptors (Lipinski definition) is 2. The molecule has 0 aliphatic heterocycles. The van der Waals surface area contributed by atoms with Crippen LogP contribution in [0, 0.1) is 0 Å². The quantitative estimate of drug-likeness (QED) is 0.342. The number of ether oxygens (including phenoxy) is 1. The van der Waals surface area contributed by atoms with Gasteiger partial charge in [-0.3, -0.25) is 4.90 Å². The first-order valence-electron chi connectivity index (χ1n) is 11.9. The summed E-state index contributed by atoms with van der Waals surface area (Å²) in [6.45, 7) is 8.52. The standard InChI is InChI=1S/C27H33F6NO/c1-18(2)34(19(3)4)24-10-11-25(15-24,21-8-6-5-7-9-21)17-35-16-20-12-22(26(28,29)30)14-23(13-20)27(31,32)33/h5-9,12-14,18-19,24H,10-11,15-17H2,1-4H3. The van der Waals surface area contributed by atoms with E-state index in [0.717, 1.165) is 37.0 Å². The summed E-state index contributed by atoms with van der Waals surface area (Å²) in [5.74, 6) is 0. The van der Waals surface area contributed by atoms with Gasteiger partial charge in [-0.25, -0.2) is 0 Å². The van der Waals surface area contributed by atoms with Gasteiger partial charge in [-0.2, -0.15) is 26.3 Å². The highest BCUT2D eigenvalue weighted by molar-refractivity contribution is 5.33. The zero-order valence-corrected chi connectivity index (χ0v) is 20.5. The van der Waals surface area contributed by atoms with Crippen molar-refractivity contribution in [2.24, 2.45) is 0 Å². The lowest BCUT2D eigenvalue weighted by atomic mass is 9.79. The second-order valence-electron chi connectivity index (χ2n) is 10.1. The smallest absolute Gasteiger partial charge is 0.376 e. The van der Waals surface area contributed by atoms with Gasteiger partial charge in [-0.15, -0.1) is 0 Å². The van der Waals surface area contributed by atoms with E-state index in [4.69, 9.17) is 4.74 Å². The van der Waals surface area contributed by atoms with Crippen LogP contribution in [0.25, 0.3) is 0 Å². The Morgan fingerprint density at radius 3 is 1.91 bits per heavy atom. The molecule has 0 saturated heterocycles. The summed E-state index contributed by atoms with van der Waals surface area (Å²) in [6, 6.07) is 12.5. The first kappa shape index (κ1) is 27.5. The molecule has 0 N–H and O–H groups in total. The van der Waals surface area contributed by atoms with Gasteiger partial charge in [0, 0.05) is 23.5 Å². The minimum Gasteiger partial charge on any atom is -0.376 e. The van der Waals surface area contributed by atoms with Crippen LogP contribution in [0.1, 0.15) is 69.2 Å². The highest BCUT2D eigenvalue weighted by atomic mass is 19.4. The number of hydrogen-bond donors (Lipinski definition) is 0. The van der Waals surface area contributed by atoms with E-state index in [-0.39, 0.29) is 30.3 Å². The molecule has 1 fully saturated rings. The molecule has 2 aromatic rings. The van der Waals surface area contributed by atoms with E-state index in [0.29, 0.717) is 18.1 Å². The molecule has 2 atom stereocenters. The van der Waals surface area contributed by atoms with Gasteiger partial charge in [0.25, 0.3) is 0 Å². The van der Waals surface area contributed by atoms with E-state index in [1.807, 2.05) is 30.3 Å². The summed E-state index contributed by atoms with van der Waals surface area (Å²) < 4.78 is 85.2. The van der Waals surface area contributed by atoms with Crippen LogP contribution in [-0.4, -0.2) is 29.6 Å². The van der Waals surface area contributed by atoms with Crippen molar-refractivity contribution in [3.05, 3.63) is 70.8 Å². The topological polar surface area (TPSA) is 12.5 Å². The fourth-order valence-corrected chi connectivity index (χ4v) is 5.53. The second kappa shape index (κ2) is 10.5. The average molecular weight is 502 g/mol. The molecule has 0 radical (unpaired) electrons. The van der Waals surface area contributed by atoms with Crippen molar-refractivity contribution in [3.63, 3.8) is 0 Å². The molecule has 194 valence electrons. The van der Waals surface area contributed by atoms with Gasteiger partial charge < -0.3 is 4.74 Å². The van der Waals surface area contributed by atoms with Crippen LogP contribution in [0.5, 0.6) is 0 Å². The molecule has 2 unspecified atom stereocenters. The number of alkyl halides is 6. The van der Waals surface area contributed by atoms with Gasteiger partial charge in [-0.05, 0) is 76.3 Å². The molecule has 1 aliphatic rings. The lowest BCUT2D eigenvalue weighted by molar-refractivity contribution is -0.143. The van der Waals surface area contributed by atoms with E-state index < -0.39 is 23.5 Å². The number of nitrogens with zero attached hydrogens (tertiary/aromatic N) is 1. The Labute approximate surface area is 203 Å². The van der Waals surface area contributed by atoms with Gasteiger partial charge in [0.15, 0.2) is 0 Å². The van der Waals surface area contributed by atoms with E-state index in [2.05, 4.69) is 32.6 Å². The highest BCUT2D eigenvalue weighted by Crippen LogP contribution is 2.44. The summed E-state index contributed by atoms with van der Waals surface area (Å²) in [4.78, 5) is 2.47. The molecule has 8 heteroatoms. The molecular weight excluding hydrogens is 468 g/mol. The zero-order chi connectivity index (χ0) is 26.0. The van der Waals surface area contributed by atoms with E-state index in [1.54, 1.807) is 0 Å². The van der Waals surface area contributed by atoms with Crippen LogP contribution in [0.3, 0.4) is 0 Å². The molecule has 35 heavy (non-hydrogen) atoms. The van der Waals surface area contributed by atoms with Gasteiger partial charge in [0.2, 0.25) is 0 Å². The molecule has 1 saturated carbocycles. The predicted molar refractivity (Wildman–Crippen MR) is 124 cm³/mol. The van der Waals surface area contributed by atoms with Gasteiger partial charge in [-0.1, -0.05) is 30.3 Å². The van der Waals surface area contributed by atoms with Gasteiger partial charge in [0.1, 0.15) is 0 Å². The van der Waals surface area contributed by atoms with Crippen molar-refractivity contribution in [1.29, 1.82) is 0 Å². The Morgan fingerprint density at radius 1 is 0.886 bits per heavy atom. The van der Waals surface area contributed by atoms with E-state index >= 15 is 0 Å². The van der Waals surface area contributed by atoms with E-state index in [9.17, 15) is 26.3 Å². The highest BCUT2D eigenvalue weighted by Gasteiger charge is 2.44. The molecule has 0 heterocycles. The molecule has 0 spiro atoms. The summed E-state index contributed by atoms with van der Waals surface area (Å²) in [7, 11) is 0. The van der Waals surface area contributed by atoms with Crippen LogP contribution in [-0.2, 0) is 29.1 Å². The number of halogens is 6. The van der Waals surface area contributed by atoms with Crippen molar-refractivity contribution in [2.75, 3.05) is 6.61 Å². The fraction of sp³-hybridized carbons (Fsp3) is 0.556. The van der Waals surface area contributed by atoms with Crippen molar-refractivity contribution in [1.82, 2.24) is 4.90 Å². The summed E-state index contributed by atoms with van der Waals surface area (Å²) >= 11 is 0. The van der Waals surface area contributed by atoms with Crippen LogP contribution in [0.2, 0.25) is 0 Å². The Bertz CT molecular complexity index is 930. The van der Waals surface area contributed by atoms with Crippen LogP contribution >= 0.6 is 0 Å². The predicted octanol–water partition coefficient (Wildman–Crippen LogP) is 7.85. The first-order valence-corrected chi connectivity index (χ1v) is 11.9. The molecule has 2 nitrogen and oxygen atoms in total. The Balaban J connectivity index is 1.84. The second-order valence-corrected chi connectivity index (χ2v) is 10.1. The largest absolute Gasteiger partial charge is 0.416 e. The molecule has 0 amide bonds. The van der Waals surface area contributed by atoms with Crippen LogP contribution in [0.4, 0.5) is 26.3 Å². The Kier molecular flexibility index (Phi) is 8.26. The van der Waals surface area contributed by atoms with Gasteiger partial charge in [0.05, 0.1) is 24.3 Å². The van der Waals surface area contributed by atoms with Crippen molar-refractivity contribution < 1.29 is 31.1 Å². The molecule has 0 aromatic heterocycles. The lowest BCUT2D eigenvalue weighted by Gasteiger charge is -2.38. The summed E-state index contributed by atoms with van der Waals surface area (Å²) in [5.41, 5.74) is -2.07. The van der Waals surface area contributed by atoms with E-state index in [1.165, 1.54) is 0 Å². The number of rotatable bonds is 8. The molecule has 3 rings (SSSR count). The third kappa shape index (κ3) is 6.58. The Hall–Kier alpha value is -2.06. The minimum absolute atomic E-state index is 0.142. The third-order valence-corrected chi connectivity index (χ3v) is 6.88. The van der Waals surface area contributed by atoms with Crippen LogP contribution in [0.15, 0.2) is 48.5 Å². The van der Waals surface area contributed by atoms with Crippen LogP contribution < -0.4 is 0 Å². The third-order valence-electron chi connectivity index (χ3n) is 6.88. The number of benzene rings is 2. The lowest BCUT2D eigenvalue weighted by Crippen LogP contribution is -2.45. The van der Waals surface area contributed by atoms with Gasteiger partial charge >= 0.3 is 12.4 Å². The SMILES string of the molecule is CC(C)N(C(C)C)C1CCC(COCc2cc(C(F)(F)F)cc(C(F)(F)F)c2)(c2ccccc2)C1. The maximum Gasteiger partial charge on any atom is 0.416 e. The molecule has 1 aliphatic carbocycles. The zero-order valence-electron chi connectivity index (χ0n) is 20.5. The summed E-state index contributed by atoms with van der Waals surface area (Å²) in [6.07, 6.45) is -7.18. The average Bonchev–Trinajstić information content (AvgIpc) is 3.17. The normalized spacial score (nSPS) is 21.5. The molecular formula is C27H33F6NO. The van der Waals surface area contributed by atoms with Crippen molar-refractivity contribution >= 4 is 0 Å². The fourth-order valence-electron chi connectivity index (χ4n) is 5.53. The van der Waals surface area contributed by atoms with Crippen molar-refractivity contribution in [3.8, 4) is 0 Å². The Morgan fingerprint density at radius 2 is 1.43 bits per heavy atom. The summed E-state index contributed by atoms with van der Waals surface area (Å²) in [5, 5.41) is 0. The molecule has 2 aromatic carbocycles. The maximum absolute atomic E-state index is 13.2. The minimum atomic E-state index is -4.88. The van der Waals surface area contributed by atoms with Crippen molar-refractivity contribution in [2.45, 2.75) is 89.5 Å². The molecule has 0 bridgehead atoms. The monoisotopic (exact) mass is 501 g/mol.